The van der Waals surface area contributed by atoms with Crippen LogP contribution in [0.4, 0.5) is 0 Å². The molecule has 0 bridgehead atoms. The second-order valence-electron chi connectivity index (χ2n) is 4.27. The number of ether oxygens (including phenoxy) is 1. The van der Waals surface area contributed by atoms with E-state index >= 15 is 0 Å². The average Bonchev–Trinajstić information content (AvgIpc) is 2.35. The van der Waals surface area contributed by atoms with Crippen molar-refractivity contribution in [2.24, 2.45) is 0 Å². The van der Waals surface area contributed by atoms with E-state index in [2.05, 4.69) is 0 Å². The summed E-state index contributed by atoms with van der Waals surface area (Å²) in [6, 6.07) is 5.13. The second-order valence-corrected chi connectivity index (χ2v) is 5.12. The van der Waals surface area contributed by atoms with Crippen molar-refractivity contribution >= 4 is 23.2 Å². The molecule has 1 aromatic rings. The lowest BCUT2D eigenvalue weighted by atomic mass is 9.86. The molecule has 0 fully saturated rings. The molecule has 0 saturated carbocycles. The van der Waals surface area contributed by atoms with Crippen LogP contribution in [0.5, 0.6) is 0 Å². The van der Waals surface area contributed by atoms with Gasteiger partial charge in [0.25, 0.3) is 0 Å². The summed E-state index contributed by atoms with van der Waals surface area (Å²) in [5.41, 5.74) is 0.0740. The molecule has 1 atom stereocenters. The van der Waals surface area contributed by atoms with Crippen LogP contribution in [0.2, 0.25) is 10.0 Å². The van der Waals surface area contributed by atoms with Gasteiger partial charge in [-0.25, -0.2) is 0 Å². The minimum atomic E-state index is -0.753. The third-order valence-electron chi connectivity index (χ3n) is 3.38. The molecule has 0 aliphatic carbocycles. The molecule has 0 aliphatic rings. The van der Waals surface area contributed by atoms with Crippen LogP contribution in [0.25, 0.3) is 0 Å². The summed E-state index contributed by atoms with van der Waals surface area (Å²) >= 11 is 12.0. The van der Waals surface area contributed by atoms with Crippen LogP contribution in [-0.2, 0) is 4.74 Å². The summed E-state index contributed by atoms with van der Waals surface area (Å²) in [7, 11) is 0. The van der Waals surface area contributed by atoms with Crippen LogP contribution in [0, 0.1) is 0 Å². The van der Waals surface area contributed by atoms with E-state index < -0.39 is 11.7 Å². The van der Waals surface area contributed by atoms with Crippen molar-refractivity contribution in [1.82, 2.24) is 0 Å². The molecule has 1 unspecified atom stereocenters. The maximum Gasteiger partial charge on any atom is 0.109 e. The Labute approximate surface area is 119 Å². The van der Waals surface area contributed by atoms with E-state index in [-0.39, 0.29) is 0 Å². The Bertz CT molecular complexity index is 389. The van der Waals surface area contributed by atoms with Crippen molar-refractivity contribution in [3.05, 3.63) is 33.8 Å². The minimum Gasteiger partial charge on any atom is -0.385 e. The van der Waals surface area contributed by atoms with Gasteiger partial charge in [-0.05, 0) is 31.9 Å². The summed E-state index contributed by atoms with van der Waals surface area (Å²) in [5, 5.41) is 11.6. The van der Waals surface area contributed by atoms with Gasteiger partial charge in [-0.15, -0.1) is 0 Å². The number of aliphatic hydroxyl groups excluding tert-OH is 1. The number of rotatable bonds is 6. The molecule has 0 saturated heterocycles. The number of hydrogen-bond donors (Lipinski definition) is 1. The first-order valence-corrected chi connectivity index (χ1v) is 7.03. The van der Waals surface area contributed by atoms with Crippen LogP contribution in [0.15, 0.2) is 18.2 Å². The topological polar surface area (TPSA) is 29.5 Å². The van der Waals surface area contributed by atoms with Crippen molar-refractivity contribution in [3.63, 3.8) is 0 Å². The Hall–Kier alpha value is -0.280. The largest absolute Gasteiger partial charge is 0.385 e. The number of halogens is 2. The average molecular weight is 291 g/mol. The standard InChI is InChI=1S/C14H20Cl2O2/c1-4-14(5-2,18-6-3)13(17)11-8-7-10(15)9-12(11)16/h7-9,13,17H,4-6H2,1-3H3. The fraction of sp³-hybridized carbons (Fsp3) is 0.571. The summed E-state index contributed by atoms with van der Waals surface area (Å²) in [6.45, 7) is 6.50. The van der Waals surface area contributed by atoms with Gasteiger partial charge in [0.15, 0.2) is 0 Å². The number of benzene rings is 1. The van der Waals surface area contributed by atoms with Gasteiger partial charge in [-0.2, -0.15) is 0 Å². The molecular formula is C14H20Cl2O2. The third kappa shape index (κ3) is 3.18. The van der Waals surface area contributed by atoms with Gasteiger partial charge in [0.2, 0.25) is 0 Å². The van der Waals surface area contributed by atoms with Crippen molar-refractivity contribution in [1.29, 1.82) is 0 Å². The van der Waals surface area contributed by atoms with Gasteiger partial charge in [0, 0.05) is 22.2 Å². The Morgan fingerprint density at radius 3 is 2.28 bits per heavy atom. The fourth-order valence-corrected chi connectivity index (χ4v) is 2.73. The van der Waals surface area contributed by atoms with E-state index in [4.69, 9.17) is 27.9 Å². The van der Waals surface area contributed by atoms with E-state index in [1.165, 1.54) is 0 Å². The second kappa shape index (κ2) is 6.76. The van der Waals surface area contributed by atoms with Gasteiger partial charge in [0.1, 0.15) is 6.10 Å². The number of aliphatic hydroxyl groups is 1. The zero-order valence-corrected chi connectivity index (χ0v) is 12.6. The number of hydrogen-bond acceptors (Lipinski definition) is 2. The highest BCUT2D eigenvalue weighted by atomic mass is 35.5. The first-order chi connectivity index (χ1) is 8.50. The van der Waals surface area contributed by atoms with E-state index in [1.807, 2.05) is 20.8 Å². The molecular weight excluding hydrogens is 271 g/mol. The van der Waals surface area contributed by atoms with Gasteiger partial charge >= 0.3 is 0 Å². The molecule has 2 nitrogen and oxygen atoms in total. The lowest BCUT2D eigenvalue weighted by Gasteiger charge is -2.36. The first kappa shape index (κ1) is 15.8. The van der Waals surface area contributed by atoms with Crippen LogP contribution < -0.4 is 0 Å². The summed E-state index contributed by atoms with van der Waals surface area (Å²) in [4.78, 5) is 0. The molecule has 1 rings (SSSR count). The van der Waals surface area contributed by atoms with E-state index in [9.17, 15) is 5.11 Å². The van der Waals surface area contributed by atoms with Gasteiger partial charge in [-0.1, -0.05) is 43.1 Å². The van der Waals surface area contributed by atoms with Crippen molar-refractivity contribution in [3.8, 4) is 0 Å². The Kier molecular flexibility index (Phi) is 5.93. The predicted molar refractivity (Wildman–Crippen MR) is 76.4 cm³/mol. The monoisotopic (exact) mass is 290 g/mol. The van der Waals surface area contributed by atoms with Crippen LogP contribution >= 0.6 is 23.2 Å². The first-order valence-electron chi connectivity index (χ1n) is 6.27. The Morgan fingerprint density at radius 2 is 1.83 bits per heavy atom. The van der Waals surface area contributed by atoms with E-state index in [0.717, 1.165) is 12.8 Å². The lowest BCUT2D eigenvalue weighted by Crippen LogP contribution is -2.38. The van der Waals surface area contributed by atoms with Crippen molar-refractivity contribution in [2.75, 3.05) is 6.61 Å². The van der Waals surface area contributed by atoms with E-state index in [1.54, 1.807) is 18.2 Å². The Morgan fingerprint density at radius 1 is 1.22 bits per heavy atom. The maximum absolute atomic E-state index is 10.6. The van der Waals surface area contributed by atoms with Crippen molar-refractivity contribution in [2.45, 2.75) is 45.3 Å². The van der Waals surface area contributed by atoms with Crippen LogP contribution in [0.3, 0.4) is 0 Å². The third-order valence-corrected chi connectivity index (χ3v) is 3.95. The molecule has 0 spiro atoms. The Balaban J connectivity index is 3.12. The molecule has 0 aromatic heterocycles. The highest BCUT2D eigenvalue weighted by Crippen LogP contribution is 2.38. The van der Waals surface area contributed by atoms with Crippen molar-refractivity contribution < 1.29 is 9.84 Å². The molecule has 0 heterocycles. The van der Waals surface area contributed by atoms with Gasteiger partial charge in [0.05, 0.1) is 5.60 Å². The predicted octanol–water partition coefficient (Wildman–Crippen LogP) is 4.62. The molecule has 18 heavy (non-hydrogen) atoms. The van der Waals surface area contributed by atoms with Crippen LogP contribution in [0.1, 0.15) is 45.3 Å². The fourth-order valence-electron chi connectivity index (χ4n) is 2.21. The summed E-state index contributed by atoms with van der Waals surface area (Å²) in [5.74, 6) is 0. The molecule has 102 valence electrons. The molecule has 4 heteroatoms. The molecule has 1 aromatic carbocycles. The highest BCUT2D eigenvalue weighted by Gasteiger charge is 2.37. The minimum absolute atomic E-state index is 0.473. The molecule has 0 amide bonds. The molecule has 0 radical (unpaired) electrons. The quantitative estimate of drug-likeness (QED) is 0.828. The summed E-state index contributed by atoms with van der Waals surface area (Å²) in [6.07, 6.45) is 0.687. The van der Waals surface area contributed by atoms with Gasteiger partial charge < -0.3 is 9.84 Å². The lowest BCUT2D eigenvalue weighted by molar-refractivity contribution is -0.127. The highest BCUT2D eigenvalue weighted by molar-refractivity contribution is 6.35. The summed E-state index contributed by atoms with van der Waals surface area (Å²) < 4.78 is 5.79. The zero-order valence-electron chi connectivity index (χ0n) is 11.0. The van der Waals surface area contributed by atoms with Crippen LogP contribution in [-0.4, -0.2) is 17.3 Å². The molecule has 1 N–H and O–H groups in total. The maximum atomic E-state index is 10.6. The smallest absolute Gasteiger partial charge is 0.109 e. The van der Waals surface area contributed by atoms with E-state index in [0.29, 0.717) is 22.2 Å². The SMILES string of the molecule is CCOC(CC)(CC)C(O)c1ccc(Cl)cc1Cl. The zero-order chi connectivity index (χ0) is 13.8. The molecule has 0 aliphatic heterocycles. The van der Waals surface area contributed by atoms with Gasteiger partial charge in [-0.3, -0.25) is 0 Å². The normalized spacial score (nSPS) is 13.7.